The number of aryl methyl sites for hydroxylation is 1. The van der Waals surface area contributed by atoms with Crippen molar-refractivity contribution in [2.45, 2.75) is 32.9 Å². The molecule has 0 radical (unpaired) electrons. The molecular weight excluding hydrogens is 220 g/mol. The van der Waals surface area contributed by atoms with Crippen molar-refractivity contribution in [1.82, 2.24) is 14.5 Å². The molecule has 86 valence electrons. The van der Waals surface area contributed by atoms with Gasteiger partial charge in [0.05, 0.1) is 12.1 Å². The van der Waals surface area contributed by atoms with Crippen LogP contribution in [-0.4, -0.2) is 14.5 Å². The summed E-state index contributed by atoms with van der Waals surface area (Å²) < 4.78 is 2.16. The van der Waals surface area contributed by atoms with Gasteiger partial charge in [-0.25, -0.2) is 4.98 Å². The van der Waals surface area contributed by atoms with Gasteiger partial charge in [0.1, 0.15) is 0 Å². The molecule has 0 unspecified atom stereocenters. The highest BCUT2D eigenvalue weighted by Gasteiger charge is 2.02. The van der Waals surface area contributed by atoms with Crippen molar-refractivity contribution < 1.29 is 0 Å². The molecule has 2 rings (SSSR count). The number of anilines is 1. The van der Waals surface area contributed by atoms with Crippen molar-refractivity contribution in [3.8, 4) is 0 Å². The van der Waals surface area contributed by atoms with Crippen LogP contribution in [0.3, 0.4) is 0 Å². The molecule has 0 aliphatic rings. The van der Waals surface area contributed by atoms with Gasteiger partial charge < -0.3 is 9.88 Å². The van der Waals surface area contributed by atoms with E-state index >= 15 is 0 Å². The van der Waals surface area contributed by atoms with E-state index in [0.29, 0.717) is 0 Å². The first-order valence-electron chi connectivity index (χ1n) is 5.52. The SMILES string of the molecule is CCCCn1ccnc1NCc1cncs1. The second kappa shape index (κ2) is 5.65. The van der Waals surface area contributed by atoms with Gasteiger partial charge >= 0.3 is 0 Å². The van der Waals surface area contributed by atoms with E-state index in [1.807, 2.05) is 24.1 Å². The fraction of sp³-hybridized carbons (Fsp3) is 0.455. The van der Waals surface area contributed by atoms with Crippen LogP contribution in [0.2, 0.25) is 0 Å². The highest BCUT2D eigenvalue weighted by atomic mass is 32.1. The average molecular weight is 236 g/mol. The molecule has 0 saturated heterocycles. The summed E-state index contributed by atoms with van der Waals surface area (Å²) in [6.07, 6.45) is 8.13. The molecule has 5 heteroatoms. The van der Waals surface area contributed by atoms with Crippen molar-refractivity contribution in [2.24, 2.45) is 0 Å². The van der Waals surface area contributed by atoms with E-state index in [9.17, 15) is 0 Å². The van der Waals surface area contributed by atoms with E-state index < -0.39 is 0 Å². The fourth-order valence-electron chi connectivity index (χ4n) is 1.48. The van der Waals surface area contributed by atoms with Gasteiger partial charge in [-0.1, -0.05) is 13.3 Å². The minimum atomic E-state index is 0.799. The van der Waals surface area contributed by atoms with Gasteiger partial charge in [-0.2, -0.15) is 0 Å². The first-order chi connectivity index (χ1) is 7.90. The lowest BCUT2D eigenvalue weighted by atomic mass is 10.3. The third-order valence-electron chi connectivity index (χ3n) is 2.37. The number of aromatic nitrogens is 3. The van der Waals surface area contributed by atoms with Crippen LogP contribution < -0.4 is 5.32 Å². The van der Waals surface area contributed by atoms with Crippen LogP contribution in [0.25, 0.3) is 0 Å². The van der Waals surface area contributed by atoms with Crippen LogP contribution in [0.1, 0.15) is 24.6 Å². The minimum Gasteiger partial charge on any atom is -0.351 e. The lowest BCUT2D eigenvalue weighted by Gasteiger charge is -2.07. The summed E-state index contributed by atoms with van der Waals surface area (Å²) in [6.45, 7) is 4.02. The Morgan fingerprint density at radius 1 is 1.50 bits per heavy atom. The smallest absolute Gasteiger partial charge is 0.203 e. The van der Waals surface area contributed by atoms with Crippen LogP contribution in [0, 0.1) is 0 Å². The van der Waals surface area contributed by atoms with E-state index in [1.165, 1.54) is 17.7 Å². The maximum absolute atomic E-state index is 4.30. The highest BCUT2D eigenvalue weighted by molar-refractivity contribution is 7.09. The fourth-order valence-corrected chi connectivity index (χ4v) is 2.02. The molecule has 0 saturated carbocycles. The van der Waals surface area contributed by atoms with Crippen LogP contribution in [-0.2, 0) is 13.1 Å². The zero-order valence-electron chi connectivity index (χ0n) is 9.39. The predicted octanol–water partition coefficient (Wildman–Crippen LogP) is 2.75. The van der Waals surface area contributed by atoms with E-state index in [2.05, 4.69) is 26.8 Å². The minimum absolute atomic E-state index is 0.799. The van der Waals surface area contributed by atoms with Crippen molar-refractivity contribution in [2.75, 3.05) is 5.32 Å². The highest BCUT2D eigenvalue weighted by Crippen LogP contribution is 2.10. The van der Waals surface area contributed by atoms with Crippen molar-refractivity contribution >= 4 is 17.3 Å². The zero-order chi connectivity index (χ0) is 11.2. The number of hydrogen-bond donors (Lipinski definition) is 1. The summed E-state index contributed by atoms with van der Waals surface area (Å²) in [6, 6.07) is 0. The van der Waals surface area contributed by atoms with Gasteiger partial charge in [0, 0.05) is 30.0 Å². The maximum Gasteiger partial charge on any atom is 0.203 e. The molecule has 0 fully saturated rings. The summed E-state index contributed by atoms with van der Waals surface area (Å²) >= 11 is 1.66. The van der Waals surface area contributed by atoms with Gasteiger partial charge in [-0.05, 0) is 6.42 Å². The summed E-state index contributed by atoms with van der Waals surface area (Å²) in [4.78, 5) is 9.58. The molecule has 2 aromatic heterocycles. The topological polar surface area (TPSA) is 42.7 Å². The van der Waals surface area contributed by atoms with E-state index in [-0.39, 0.29) is 0 Å². The van der Waals surface area contributed by atoms with Crippen molar-refractivity contribution in [1.29, 1.82) is 0 Å². The number of unbranched alkanes of at least 4 members (excludes halogenated alkanes) is 1. The molecule has 4 nitrogen and oxygen atoms in total. The number of rotatable bonds is 6. The molecule has 1 N–H and O–H groups in total. The van der Waals surface area contributed by atoms with Crippen LogP contribution in [0.15, 0.2) is 24.1 Å². The lowest BCUT2D eigenvalue weighted by molar-refractivity contribution is 0.635. The first-order valence-corrected chi connectivity index (χ1v) is 6.40. The monoisotopic (exact) mass is 236 g/mol. The third-order valence-corrected chi connectivity index (χ3v) is 3.15. The predicted molar refractivity (Wildman–Crippen MR) is 66.6 cm³/mol. The van der Waals surface area contributed by atoms with Gasteiger partial charge in [-0.3, -0.25) is 4.98 Å². The molecule has 16 heavy (non-hydrogen) atoms. The Bertz CT molecular complexity index is 407. The Balaban J connectivity index is 1.91. The number of hydrogen-bond acceptors (Lipinski definition) is 4. The molecule has 0 amide bonds. The largest absolute Gasteiger partial charge is 0.351 e. The third kappa shape index (κ3) is 2.82. The molecule has 0 aromatic carbocycles. The van der Waals surface area contributed by atoms with Crippen molar-refractivity contribution in [3.63, 3.8) is 0 Å². The Labute approximate surface area is 99.4 Å². The molecule has 0 aliphatic carbocycles. The van der Waals surface area contributed by atoms with Crippen LogP contribution in [0.5, 0.6) is 0 Å². The molecule has 0 bridgehead atoms. The zero-order valence-corrected chi connectivity index (χ0v) is 10.2. The average Bonchev–Trinajstić information content (AvgIpc) is 2.94. The lowest BCUT2D eigenvalue weighted by Crippen LogP contribution is -2.06. The Morgan fingerprint density at radius 2 is 2.44 bits per heavy atom. The van der Waals surface area contributed by atoms with Gasteiger partial charge in [0.25, 0.3) is 0 Å². The molecule has 0 aliphatic heterocycles. The normalized spacial score (nSPS) is 10.6. The van der Waals surface area contributed by atoms with Crippen molar-refractivity contribution in [3.05, 3.63) is 29.0 Å². The second-order valence-electron chi connectivity index (χ2n) is 3.62. The first kappa shape index (κ1) is 11.1. The number of thiazole rings is 1. The van der Waals surface area contributed by atoms with Crippen LogP contribution in [0.4, 0.5) is 5.95 Å². The Hall–Kier alpha value is -1.36. The van der Waals surface area contributed by atoms with E-state index in [4.69, 9.17) is 0 Å². The van der Waals surface area contributed by atoms with Gasteiger partial charge in [0.15, 0.2) is 0 Å². The number of nitrogens with one attached hydrogen (secondary N) is 1. The van der Waals surface area contributed by atoms with E-state index in [1.54, 1.807) is 11.3 Å². The van der Waals surface area contributed by atoms with Gasteiger partial charge in [-0.15, -0.1) is 11.3 Å². The Morgan fingerprint density at radius 3 is 3.19 bits per heavy atom. The van der Waals surface area contributed by atoms with Gasteiger partial charge in [0.2, 0.25) is 5.95 Å². The maximum atomic E-state index is 4.30. The Kier molecular flexibility index (Phi) is 3.93. The summed E-state index contributed by atoms with van der Waals surface area (Å²) in [5, 5.41) is 3.33. The van der Waals surface area contributed by atoms with Crippen LogP contribution >= 0.6 is 11.3 Å². The van der Waals surface area contributed by atoms with E-state index in [0.717, 1.165) is 19.0 Å². The molecule has 0 atom stereocenters. The quantitative estimate of drug-likeness (QED) is 0.838. The molecular formula is C11H16N4S. The second-order valence-corrected chi connectivity index (χ2v) is 4.59. The summed E-state index contributed by atoms with van der Waals surface area (Å²) in [5.41, 5.74) is 1.85. The number of nitrogens with zero attached hydrogens (tertiary/aromatic N) is 3. The summed E-state index contributed by atoms with van der Waals surface area (Å²) in [5.74, 6) is 0.946. The molecule has 0 spiro atoms. The molecule has 2 aromatic rings. The molecule has 2 heterocycles. The number of imidazole rings is 1. The standard InChI is InChI=1S/C11H16N4S/c1-2-3-5-15-6-4-13-11(15)14-8-10-7-12-9-16-10/h4,6-7,9H,2-3,5,8H2,1H3,(H,13,14). The summed E-state index contributed by atoms with van der Waals surface area (Å²) in [7, 11) is 0.